The van der Waals surface area contributed by atoms with Crippen LogP contribution in [0.5, 0.6) is 0 Å². The molecule has 1 aliphatic rings. The van der Waals surface area contributed by atoms with Crippen molar-refractivity contribution in [1.82, 2.24) is 9.55 Å². The van der Waals surface area contributed by atoms with Gasteiger partial charge in [0.05, 0.1) is 12.6 Å². The van der Waals surface area contributed by atoms with Gasteiger partial charge in [-0.1, -0.05) is 6.08 Å². The van der Waals surface area contributed by atoms with E-state index in [0.29, 0.717) is 0 Å². The molecular formula is C10H14N3O6P. The van der Waals surface area contributed by atoms with Crippen LogP contribution in [0.1, 0.15) is 6.04 Å². The molecule has 0 aliphatic carbocycles. The molecule has 0 aromatic carbocycles. The molecule has 0 bridgehead atoms. The second-order valence-electron chi connectivity index (χ2n) is 4.25. The highest BCUT2D eigenvalue weighted by atomic mass is 31.2. The molecule has 3 atom stereocenters. The molecule has 0 unspecified atom stereocenters. The molecule has 0 saturated heterocycles. The lowest BCUT2D eigenvalue weighted by molar-refractivity contribution is -0.0266. The van der Waals surface area contributed by atoms with Gasteiger partial charge in [0.1, 0.15) is 11.9 Å². The number of nitrogens with zero attached hydrogens (tertiary/aromatic N) is 2. The number of hydrogen-bond acceptors (Lipinski definition) is 6. The Hall–Kier alpha value is -1.51. The third-order valence-electron chi connectivity index (χ3n) is 2.85. The van der Waals surface area contributed by atoms with E-state index in [-0.39, 0.29) is 5.82 Å². The molecular weight excluding hydrogens is 289 g/mol. The molecule has 0 saturated carbocycles. The minimum absolute atomic E-state index is 0.0561. The summed E-state index contributed by atoms with van der Waals surface area (Å²) in [6.45, 7) is -0.512. The molecule has 10 heteroatoms. The van der Waals surface area contributed by atoms with Crippen LogP contribution >= 0.6 is 7.60 Å². The Labute approximate surface area is 113 Å². The molecule has 1 aromatic heterocycles. The molecule has 2 rings (SSSR count). The van der Waals surface area contributed by atoms with Crippen LogP contribution in [0.2, 0.25) is 0 Å². The fraction of sp³-hybridized carbons (Fsp3) is 0.400. The zero-order valence-electron chi connectivity index (χ0n) is 10.2. The smallest absolute Gasteiger partial charge is 0.357 e. The predicted octanol–water partition coefficient (Wildman–Crippen LogP) is -1.18. The normalized spacial score (nSPS) is 26.6. The molecule has 9 nitrogen and oxygen atoms in total. The number of nitrogen functional groups attached to an aromatic ring is 1. The standard InChI is InChI=1S/C10H14N3O6P/c11-8-3-4-13(10(15)12-8)6-1-2-9(20(16,17)18)19-7(6)5-14/h1-4,6-7,9,14H,5H2,(H2,11,12,15)(H2,16,17,18)/t6-,7-,9+/m1/s1. The Kier molecular flexibility index (Phi) is 4.07. The van der Waals surface area contributed by atoms with Crippen molar-refractivity contribution in [1.29, 1.82) is 0 Å². The summed E-state index contributed by atoms with van der Waals surface area (Å²) < 4.78 is 17.4. The maximum absolute atomic E-state index is 11.7. The highest BCUT2D eigenvalue weighted by molar-refractivity contribution is 7.52. The van der Waals surface area contributed by atoms with Gasteiger partial charge >= 0.3 is 13.3 Å². The lowest BCUT2D eigenvalue weighted by atomic mass is 10.1. The van der Waals surface area contributed by atoms with Gasteiger partial charge in [-0.15, -0.1) is 0 Å². The van der Waals surface area contributed by atoms with Gasteiger partial charge in [-0.2, -0.15) is 4.98 Å². The Morgan fingerprint density at radius 3 is 2.70 bits per heavy atom. The zero-order valence-corrected chi connectivity index (χ0v) is 11.1. The van der Waals surface area contributed by atoms with Crippen LogP contribution in [0.15, 0.2) is 29.2 Å². The van der Waals surface area contributed by atoms with Gasteiger partial charge in [0, 0.05) is 6.20 Å². The summed E-state index contributed by atoms with van der Waals surface area (Å²) in [5.74, 6) is -1.38. The number of aliphatic hydroxyl groups is 1. The van der Waals surface area contributed by atoms with Crippen LogP contribution in [0.3, 0.4) is 0 Å². The monoisotopic (exact) mass is 303 g/mol. The first kappa shape index (κ1) is 14.9. The Bertz CT molecular complexity index is 624. The van der Waals surface area contributed by atoms with Gasteiger partial charge in [-0.25, -0.2) is 4.79 Å². The van der Waals surface area contributed by atoms with E-state index in [9.17, 15) is 14.5 Å². The largest absolute Gasteiger partial charge is 0.394 e. The van der Waals surface area contributed by atoms with E-state index in [0.717, 1.165) is 0 Å². The third kappa shape index (κ3) is 2.97. The first-order valence-electron chi connectivity index (χ1n) is 5.67. The number of ether oxygens (including phenoxy) is 1. The average molecular weight is 303 g/mol. The molecule has 2 heterocycles. The Balaban J connectivity index is 2.37. The highest BCUT2D eigenvalue weighted by Gasteiger charge is 2.36. The number of hydrogen-bond donors (Lipinski definition) is 4. The molecule has 0 radical (unpaired) electrons. The second kappa shape index (κ2) is 5.47. The number of nitrogens with two attached hydrogens (primary N) is 1. The average Bonchev–Trinajstić information content (AvgIpc) is 2.37. The van der Waals surface area contributed by atoms with Crippen molar-refractivity contribution in [2.45, 2.75) is 18.0 Å². The van der Waals surface area contributed by atoms with Crippen molar-refractivity contribution in [2.75, 3.05) is 12.3 Å². The van der Waals surface area contributed by atoms with E-state index in [2.05, 4.69) is 4.98 Å². The van der Waals surface area contributed by atoms with Gasteiger partial charge in [0.15, 0.2) is 5.85 Å². The van der Waals surface area contributed by atoms with Gasteiger partial charge in [-0.05, 0) is 12.1 Å². The summed E-state index contributed by atoms with van der Waals surface area (Å²) in [5, 5.41) is 9.28. The van der Waals surface area contributed by atoms with Crippen LogP contribution in [-0.4, -0.2) is 43.0 Å². The summed E-state index contributed by atoms with van der Waals surface area (Å²) in [4.78, 5) is 33.4. The fourth-order valence-corrected chi connectivity index (χ4v) is 2.54. The molecule has 1 aliphatic heterocycles. The van der Waals surface area contributed by atoms with Crippen LogP contribution in [0.4, 0.5) is 5.82 Å². The maximum atomic E-state index is 11.7. The first-order valence-corrected chi connectivity index (χ1v) is 7.35. The minimum atomic E-state index is -4.47. The topological polar surface area (TPSA) is 148 Å². The first-order chi connectivity index (χ1) is 9.32. The predicted molar refractivity (Wildman–Crippen MR) is 68.9 cm³/mol. The molecule has 0 fully saturated rings. The highest BCUT2D eigenvalue weighted by Crippen LogP contribution is 2.45. The SMILES string of the molecule is Nc1ccn([C@@H]2C=C[C@H](P(=O)(O)O)O[C@@H]2CO)c(=O)n1. The summed E-state index contributed by atoms with van der Waals surface area (Å²) >= 11 is 0. The number of anilines is 1. The number of aromatic nitrogens is 2. The quantitative estimate of drug-likeness (QED) is 0.403. The van der Waals surface area contributed by atoms with Crippen molar-refractivity contribution < 1.29 is 24.2 Å². The number of rotatable bonds is 3. The summed E-state index contributed by atoms with van der Waals surface area (Å²) in [7, 11) is -4.47. The van der Waals surface area contributed by atoms with E-state index in [1.165, 1.54) is 29.0 Å². The Morgan fingerprint density at radius 1 is 1.45 bits per heavy atom. The fourth-order valence-electron chi connectivity index (χ4n) is 1.90. The van der Waals surface area contributed by atoms with Gasteiger partial charge in [-0.3, -0.25) is 9.13 Å². The van der Waals surface area contributed by atoms with Crippen LogP contribution in [-0.2, 0) is 9.30 Å². The third-order valence-corrected chi connectivity index (χ3v) is 3.81. The van der Waals surface area contributed by atoms with Crippen molar-refractivity contribution in [2.24, 2.45) is 0 Å². The summed E-state index contributed by atoms with van der Waals surface area (Å²) in [6.07, 6.45) is 2.97. The van der Waals surface area contributed by atoms with E-state index in [1.807, 2.05) is 0 Å². The van der Waals surface area contributed by atoms with Crippen molar-refractivity contribution >= 4 is 13.4 Å². The lowest BCUT2D eigenvalue weighted by Crippen LogP contribution is -2.40. The molecule has 0 spiro atoms. The van der Waals surface area contributed by atoms with E-state index in [1.54, 1.807) is 0 Å². The molecule has 5 N–H and O–H groups in total. The summed E-state index contributed by atoms with van der Waals surface area (Å²) in [5.41, 5.74) is 4.73. The van der Waals surface area contributed by atoms with E-state index in [4.69, 9.17) is 20.3 Å². The van der Waals surface area contributed by atoms with Crippen LogP contribution in [0.25, 0.3) is 0 Å². The second-order valence-corrected chi connectivity index (χ2v) is 5.94. The maximum Gasteiger partial charge on any atom is 0.357 e. The molecule has 0 amide bonds. The van der Waals surface area contributed by atoms with Crippen LogP contribution in [0, 0.1) is 0 Å². The van der Waals surface area contributed by atoms with Crippen molar-refractivity contribution in [3.8, 4) is 0 Å². The van der Waals surface area contributed by atoms with Crippen molar-refractivity contribution in [3.63, 3.8) is 0 Å². The Morgan fingerprint density at radius 2 is 2.15 bits per heavy atom. The van der Waals surface area contributed by atoms with E-state index >= 15 is 0 Å². The molecule has 110 valence electrons. The molecule has 20 heavy (non-hydrogen) atoms. The van der Waals surface area contributed by atoms with Gasteiger partial charge in [0.2, 0.25) is 0 Å². The minimum Gasteiger partial charge on any atom is -0.394 e. The number of aliphatic hydroxyl groups excluding tert-OH is 1. The zero-order chi connectivity index (χ0) is 14.9. The lowest BCUT2D eigenvalue weighted by Gasteiger charge is -2.32. The van der Waals surface area contributed by atoms with Crippen LogP contribution < -0.4 is 11.4 Å². The van der Waals surface area contributed by atoms with Gasteiger partial charge in [0.25, 0.3) is 0 Å². The van der Waals surface area contributed by atoms with E-state index < -0.39 is 37.9 Å². The summed E-state index contributed by atoms with van der Waals surface area (Å²) in [6, 6.07) is 0.682. The van der Waals surface area contributed by atoms with Gasteiger partial charge < -0.3 is 25.4 Å². The van der Waals surface area contributed by atoms with Crippen molar-refractivity contribution in [3.05, 3.63) is 34.9 Å². The molecule has 1 aromatic rings.